The van der Waals surface area contributed by atoms with Gasteiger partial charge in [-0.05, 0) is 49.9 Å². The number of methoxy groups -OCH3 is 1. The van der Waals surface area contributed by atoms with Crippen molar-refractivity contribution >= 4 is 39.1 Å². The number of carbonyl (C=O) groups is 1. The van der Waals surface area contributed by atoms with Crippen molar-refractivity contribution in [2.24, 2.45) is 0 Å². The minimum absolute atomic E-state index is 0.116. The van der Waals surface area contributed by atoms with Gasteiger partial charge in [-0.2, -0.15) is 0 Å². The summed E-state index contributed by atoms with van der Waals surface area (Å²) in [5, 5.41) is 3.42. The third-order valence-corrected chi connectivity index (χ3v) is 4.57. The number of rotatable bonds is 6. The standard InChI is InChI=1S/C18H20BrClN2O2/c1-12(22(2)11-13-4-6-14(19)7-5-13)18(23)21-16-10-15(20)8-9-17(16)24-3/h4-10,12H,11H2,1-3H3,(H,21,23). The van der Waals surface area contributed by atoms with E-state index >= 15 is 0 Å². The second-order valence-electron chi connectivity index (χ2n) is 5.55. The molecule has 0 saturated heterocycles. The summed E-state index contributed by atoms with van der Waals surface area (Å²) in [5.41, 5.74) is 1.71. The Morgan fingerprint density at radius 1 is 1.29 bits per heavy atom. The van der Waals surface area contributed by atoms with Crippen molar-refractivity contribution < 1.29 is 9.53 Å². The van der Waals surface area contributed by atoms with Crippen LogP contribution in [0.2, 0.25) is 5.02 Å². The van der Waals surface area contributed by atoms with Gasteiger partial charge in [-0.3, -0.25) is 9.69 Å². The number of halogens is 2. The smallest absolute Gasteiger partial charge is 0.241 e. The van der Waals surface area contributed by atoms with Crippen LogP contribution >= 0.6 is 27.5 Å². The quantitative estimate of drug-likeness (QED) is 0.757. The number of carbonyl (C=O) groups excluding carboxylic acids is 1. The number of ether oxygens (including phenoxy) is 1. The van der Waals surface area contributed by atoms with Crippen LogP contribution in [0.4, 0.5) is 5.69 Å². The summed E-state index contributed by atoms with van der Waals surface area (Å²) in [6.45, 7) is 2.54. The van der Waals surface area contributed by atoms with Crippen molar-refractivity contribution in [3.8, 4) is 5.75 Å². The Hall–Kier alpha value is -1.56. The topological polar surface area (TPSA) is 41.6 Å². The zero-order valence-electron chi connectivity index (χ0n) is 13.8. The maximum Gasteiger partial charge on any atom is 0.241 e. The first kappa shape index (κ1) is 18.8. The zero-order chi connectivity index (χ0) is 17.7. The number of hydrogen-bond acceptors (Lipinski definition) is 3. The number of hydrogen-bond donors (Lipinski definition) is 1. The highest BCUT2D eigenvalue weighted by atomic mass is 79.9. The fourth-order valence-electron chi connectivity index (χ4n) is 2.23. The maximum atomic E-state index is 12.5. The predicted octanol–water partition coefficient (Wildman–Crippen LogP) is 4.57. The van der Waals surface area contributed by atoms with Gasteiger partial charge in [0.25, 0.3) is 0 Å². The van der Waals surface area contributed by atoms with Crippen LogP contribution in [0.15, 0.2) is 46.9 Å². The van der Waals surface area contributed by atoms with E-state index in [0.717, 1.165) is 10.0 Å². The molecule has 0 bridgehead atoms. The molecule has 0 aromatic heterocycles. The lowest BCUT2D eigenvalue weighted by Crippen LogP contribution is -2.39. The molecule has 0 aliphatic carbocycles. The zero-order valence-corrected chi connectivity index (χ0v) is 16.2. The van der Waals surface area contributed by atoms with Gasteiger partial charge in [0.05, 0.1) is 18.8 Å². The molecule has 1 amide bonds. The Kier molecular flexibility index (Phi) is 6.66. The lowest BCUT2D eigenvalue weighted by atomic mass is 10.2. The van der Waals surface area contributed by atoms with Gasteiger partial charge >= 0.3 is 0 Å². The lowest BCUT2D eigenvalue weighted by molar-refractivity contribution is -0.120. The Morgan fingerprint density at radius 2 is 1.96 bits per heavy atom. The Bertz CT molecular complexity index is 707. The van der Waals surface area contributed by atoms with E-state index in [0.29, 0.717) is 23.0 Å². The molecule has 0 aliphatic heterocycles. The van der Waals surface area contributed by atoms with Crippen LogP contribution in [-0.4, -0.2) is 31.0 Å². The van der Waals surface area contributed by atoms with Gasteiger partial charge in [0.15, 0.2) is 0 Å². The molecule has 2 rings (SSSR count). The van der Waals surface area contributed by atoms with Crippen LogP contribution in [0, 0.1) is 0 Å². The molecule has 2 aromatic carbocycles. The van der Waals surface area contributed by atoms with Gasteiger partial charge in [-0.1, -0.05) is 39.7 Å². The Labute approximate surface area is 155 Å². The summed E-state index contributed by atoms with van der Waals surface area (Å²) >= 11 is 9.42. The number of amides is 1. The normalized spacial score (nSPS) is 12.1. The van der Waals surface area contributed by atoms with Crippen LogP contribution in [0.1, 0.15) is 12.5 Å². The molecular formula is C18H20BrClN2O2. The van der Waals surface area contributed by atoms with Crippen molar-refractivity contribution in [1.29, 1.82) is 0 Å². The molecule has 1 N–H and O–H groups in total. The number of anilines is 1. The number of benzene rings is 2. The third kappa shape index (κ3) is 4.97. The molecule has 1 atom stereocenters. The van der Waals surface area contributed by atoms with Crippen molar-refractivity contribution in [1.82, 2.24) is 4.90 Å². The molecule has 0 fully saturated rings. The molecule has 24 heavy (non-hydrogen) atoms. The highest BCUT2D eigenvalue weighted by Gasteiger charge is 2.19. The van der Waals surface area contributed by atoms with Gasteiger partial charge in [-0.25, -0.2) is 0 Å². The summed E-state index contributed by atoms with van der Waals surface area (Å²) in [6, 6.07) is 12.9. The second kappa shape index (κ2) is 8.51. The minimum Gasteiger partial charge on any atom is -0.495 e. The van der Waals surface area contributed by atoms with Gasteiger partial charge in [0.1, 0.15) is 5.75 Å². The van der Waals surface area contributed by atoms with Crippen molar-refractivity contribution in [3.63, 3.8) is 0 Å². The van der Waals surface area contributed by atoms with Crippen LogP contribution in [-0.2, 0) is 11.3 Å². The molecule has 0 radical (unpaired) electrons. The first-order valence-electron chi connectivity index (χ1n) is 7.50. The van der Waals surface area contributed by atoms with E-state index < -0.39 is 0 Å². The average Bonchev–Trinajstić information content (AvgIpc) is 2.56. The third-order valence-electron chi connectivity index (χ3n) is 3.81. The fourth-order valence-corrected chi connectivity index (χ4v) is 2.67. The van der Waals surface area contributed by atoms with Crippen molar-refractivity contribution in [2.75, 3.05) is 19.5 Å². The molecule has 4 nitrogen and oxygen atoms in total. The molecule has 128 valence electrons. The minimum atomic E-state index is -0.308. The Morgan fingerprint density at radius 3 is 2.58 bits per heavy atom. The predicted molar refractivity (Wildman–Crippen MR) is 102 cm³/mol. The summed E-state index contributed by atoms with van der Waals surface area (Å²) in [6.07, 6.45) is 0. The molecule has 0 heterocycles. The van der Waals surface area contributed by atoms with E-state index in [2.05, 4.69) is 21.2 Å². The molecule has 0 aliphatic rings. The lowest BCUT2D eigenvalue weighted by Gasteiger charge is -2.24. The van der Waals surface area contributed by atoms with Crippen LogP contribution in [0.25, 0.3) is 0 Å². The largest absolute Gasteiger partial charge is 0.495 e. The van der Waals surface area contributed by atoms with E-state index in [4.69, 9.17) is 16.3 Å². The van der Waals surface area contributed by atoms with Crippen LogP contribution < -0.4 is 10.1 Å². The Balaban J connectivity index is 2.03. The summed E-state index contributed by atoms with van der Waals surface area (Å²) < 4.78 is 6.29. The van der Waals surface area contributed by atoms with E-state index in [-0.39, 0.29) is 11.9 Å². The molecule has 2 aromatic rings. The monoisotopic (exact) mass is 410 g/mol. The van der Waals surface area contributed by atoms with E-state index in [1.165, 1.54) is 0 Å². The molecule has 0 spiro atoms. The average molecular weight is 412 g/mol. The highest BCUT2D eigenvalue weighted by Crippen LogP contribution is 2.28. The van der Waals surface area contributed by atoms with Crippen molar-refractivity contribution in [2.45, 2.75) is 19.5 Å². The summed E-state index contributed by atoms with van der Waals surface area (Å²) in [4.78, 5) is 14.5. The van der Waals surface area contributed by atoms with Crippen molar-refractivity contribution in [3.05, 3.63) is 57.5 Å². The van der Waals surface area contributed by atoms with Gasteiger partial charge < -0.3 is 10.1 Å². The molecular weight excluding hydrogens is 392 g/mol. The second-order valence-corrected chi connectivity index (χ2v) is 6.90. The summed E-state index contributed by atoms with van der Waals surface area (Å²) in [5.74, 6) is 0.464. The number of likely N-dealkylation sites (N-methyl/N-ethyl adjacent to an activating group) is 1. The van der Waals surface area contributed by atoms with Gasteiger partial charge in [0.2, 0.25) is 5.91 Å². The van der Waals surface area contributed by atoms with E-state index in [1.807, 2.05) is 43.1 Å². The molecule has 1 unspecified atom stereocenters. The maximum absolute atomic E-state index is 12.5. The van der Waals surface area contributed by atoms with E-state index in [9.17, 15) is 4.79 Å². The SMILES string of the molecule is COc1ccc(Cl)cc1NC(=O)C(C)N(C)Cc1ccc(Br)cc1. The van der Waals surface area contributed by atoms with Gasteiger partial charge in [-0.15, -0.1) is 0 Å². The molecule has 6 heteroatoms. The molecule has 0 saturated carbocycles. The van der Waals surface area contributed by atoms with Crippen LogP contribution in [0.3, 0.4) is 0 Å². The first-order chi connectivity index (χ1) is 11.4. The fraction of sp³-hybridized carbons (Fsp3) is 0.278. The van der Waals surface area contributed by atoms with E-state index in [1.54, 1.807) is 25.3 Å². The highest BCUT2D eigenvalue weighted by molar-refractivity contribution is 9.10. The first-order valence-corrected chi connectivity index (χ1v) is 8.67. The van der Waals surface area contributed by atoms with Crippen LogP contribution in [0.5, 0.6) is 5.75 Å². The number of nitrogens with zero attached hydrogens (tertiary/aromatic N) is 1. The van der Waals surface area contributed by atoms with Gasteiger partial charge in [0, 0.05) is 16.0 Å². The number of nitrogens with one attached hydrogen (secondary N) is 1. The summed E-state index contributed by atoms with van der Waals surface area (Å²) in [7, 11) is 3.48.